The third-order valence-corrected chi connectivity index (χ3v) is 2.69. The number of esters is 1. The van der Waals surface area contributed by atoms with Gasteiger partial charge >= 0.3 is 16.4 Å². The van der Waals surface area contributed by atoms with Gasteiger partial charge in [0.1, 0.15) is 0 Å². The highest BCUT2D eigenvalue weighted by atomic mass is 32.3. The third kappa shape index (κ3) is 2.38. The Hall–Kier alpha value is -0.690. The predicted molar refractivity (Wildman–Crippen MR) is 41.7 cm³/mol. The molecule has 0 aromatic rings. The molecule has 0 saturated carbocycles. The van der Waals surface area contributed by atoms with E-state index in [0.717, 1.165) is 0 Å². The Kier molecular flexibility index (Phi) is 2.87. The van der Waals surface area contributed by atoms with Crippen molar-refractivity contribution in [2.45, 2.75) is 6.92 Å². The van der Waals surface area contributed by atoms with Crippen LogP contribution in [0.25, 0.3) is 0 Å². The molecule has 0 spiro atoms. The summed E-state index contributed by atoms with van der Waals surface area (Å²) in [6.45, 7) is 1.67. The number of hydrogen-bond donors (Lipinski definition) is 0. The van der Waals surface area contributed by atoms with E-state index < -0.39 is 22.3 Å². The zero-order valence-electron chi connectivity index (χ0n) is 7.07. The molecule has 1 aliphatic heterocycles. The van der Waals surface area contributed by atoms with Crippen molar-refractivity contribution in [3.8, 4) is 0 Å². The van der Waals surface area contributed by atoms with Crippen molar-refractivity contribution in [1.29, 1.82) is 0 Å². The highest BCUT2D eigenvalue weighted by Crippen LogP contribution is 2.21. The molecule has 0 radical (unpaired) electrons. The van der Waals surface area contributed by atoms with Crippen molar-refractivity contribution in [2.24, 2.45) is 5.92 Å². The molecule has 1 rings (SSSR count). The lowest BCUT2D eigenvalue weighted by atomic mass is 10.0. The topological polar surface area (TPSA) is 63.7 Å². The van der Waals surface area contributed by atoms with Gasteiger partial charge in [0.15, 0.2) is 0 Å². The summed E-state index contributed by atoms with van der Waals surface area (Å²) in [6.07, 6.45) is 0. The van der Waals surface area contributed by atoms with Crippen LogP contribution in [0.1, 0.15) is 6.92 Å². The minimum Gasteiger partial charge on any atom is -0.466 e. The summed E-state index contributed by atoms with van der Waals surface area (Å²) >= 11 is 0. The number of ether oxygens (including phenoxy) is 1. The second-order valence-corrected chi connectivity index (χ2v) is 4.05. The van der Waals surface area contributed by atoms with Gasteiger partial charge in [-0.3, -0.25) is 4.79 Å². The molecule has 0 amide bonds. The molecule has 0 bridgehead atoms. The predicted octanol–water partition coefficient (Wildman–Crippen LogP) is -0.304. The minimum absolute atomic E-state index is 0.113. The number of carbonyl (C=O) groups is 1. The third-order valence-electron chi connectivity index (χ3n) is 1.78. The fourth-order valence-electron chi connectivity index (χ4n) is 1.03. The maximum atomic E-state index is 12.2. The molecule has 76 valence electrons. The summed E-state index contributed by atoms with van der Waals surface area (Å²) in [5, 5.41) is 0. The van der Waals surface area contributed by atoms with E-state index in [9.17, 15) is 17.1 Å². The Morgan fingerprint density at radius 2 is 2.15 bits per heavy atom. The zero-order valence-corrected chi connectivity index (χ0v) is 7.88. The van der Waals surface area contributed by atoms with Gasteiger partial charge in [0, 0.05) is 13.1 Å². The maximum Gasteiger partial charge on any atom is 0.374 e. The zero-order chi connectivity index (χ0) is 10.1. The Morgan fingerprint density at radius 1 is 1.62 bits per heavy atom. The van der Waals surface area contributed by atoms with E-state index in [0.29, 0.717) is 4.31 Å². The highest BCUT2D eigenvalue weighted by Gasteiger charge is 2.40. The fraction of sp³-hybridized carbons (Fsp3) is 0.833. The van der Waals surface area contributed by atoms with E-state index >= 15 is 0 Å². The van der Waals surface area contributed by atoms with Crippen LogP contribution in [-0.4, -0.2) is 38.4 Å². The molecular weight excluding hydrogens is 201 g/mol. The summed E-state index contributed by atoms with van der Waals surface area (Å²) in [4.78, 5) is 10.9. The SMILES string of the molecule is CCOC(=O)C1CN(S(=O)(=O)F)C1. The van der Waals surface area contributed by atoms with E-state index in [1.165, 1.54) is 0 Å². The van der Waals surface area contributed by atoms with Gasteiger partial charge in [-0.1, -0.05) is 3.89 Å². The number of carbonyl (C=O) groups excluding carboxylic acids is 1. The molecule has 5 nitrogen and oxygen atoms in total. The average Bonchev–Trinajstić information content (AvgIpc) is 1.79. The lowest BCUT2D eigenvalue weighted by Gasteiger charge is -2.33. The Morgan fingerprint density at radius 3 is 2.54 bits per heavy atom. The van der Waals surface area contributed by atoms with Gasteiger partial charge in [0.25, 0.3) is 0 Å². The standard InChI is InChI=1S/C6H10FNO4S/c1-2-12-6(9)5-3-8(4-5)13(7,10)11/h5H,2-4H2,1H3. The molecule has 0 unspecified atom stereocenters. The summed E-state index contributed by atoms with van der Waals surface area (Å²) in [5.41, 5.74) is 0. The van der Waals surface area contributed by atoms with Crippen LogP contribution in [0.2, 0.25) is 0 Å². The quantitative estimate of drug-likeness (QED) is 0.474. The van der Waals surface area contributed by atoms with Gasteiger partial charge in [-0.2, -0.15) is 12.7 Å². The Bertz CT molecular complexity index is 296. The molecule has 1 heterocycles. The summed E-state index contributed by atoms with van der Waals surface area (Å²) in [6, 6.07) is 0. The molecule has 1 saturated heterocycles. The highest BCUT2D eigenvalue weighted by molar-refractivity contribution is 7.84. The lowest BCUT2D eigenvalue weighted by molar-refractivity contribution is -0.151. The van der Waals surface area contributed by atoms with E-state index in [4.69, 9.17) is 0 Å². The van der Waals surface area contributed by atoms with E-state index in [2.05, 4.69) is 4.74 Å². The molecule has 1 fully saturated rings. The minimum atomic E-state index is -4.62. The van der Waals surface area contributed by atoms with Crippen molar-refractivity contribution in [3.05, 3.63) is 0 Å². The molecule has 0 N–H and O–H groups in total. The summed E-state index contributed by atoms with van der Waals surface area (Å²) in [7, 11) is -4.62. The number of hydrogen-bond acceptors (Lipinski definition) is 4. The monoisotopic (exact) mass is 211 g/mol. The van der Waals surface area contributed by atoms with Crippen LogP contribution in [-0.2, 0) is 19.9 Å². The summed E-state index contributed by atoms with van der Waals surface area (Å²) in [5.74, 6) is -0.979. The molecular formula is C6H10FNO4S. The van der Waals surface area contributed by atoms with Crippen molar-refractivity contribution < 1.29 is 21.8 Å². The van der Waals surface area contributed by atoms with Crippen molar-refractivity contribution in [3.63, 3.8) is 0 Å². The van der Waals surface area contributed by atoms with Crippen molar-refractivity contribution in [1.82, 2.24) is 4.31 Å². The smallest absolute Gasteiger partial charge is 0.374 e. The molecule has 7 heteroatoms. The number of rotatable bonds is 3. The first kappa shape index (κ1) is 10.4. The van der Waals surface area contributed by atoms with Crippen LogP contribution in [0.5, 0.6) is 0 Å². The molecule has 0 aromatic heterocycles. The number of halogens is 1. The van der Waals surface area contributed by atoms with Gasteiger partial charge in [-0.15, -0.1) is 0 Å². The largest absolute Gasteiger partial charge is 0.466 e. The van der Waals surface area contributed by atoms with Gasteiger partial charge in [0.2, 0.25) is 0 Å². The van der Waals surface area contributed by atoms with Crippen LogP contribution in [0.4, 0.5) is 3.89 Å². The van der Waals surface area contributed by atoms with Crippen LogP contribution >= 0.6 is 0 Å². The van der Waals surface area contributed by atoms with Crippen LogP contribution in [0, 0.1) is 5.92 Å². The summed E-state index contributed by atoms with van der Waals surface area (Å²) < 4.78 is 37.9. The van der Waals surface area contributed by atoms with Crippen LogP contribution in [0.15, 0.2) is 0 Å². The first-order chi connectivity index (χ1) is 5.95. The van der Waals surface area contributed by atoms with Gasteiger partial charge in [-0.25, -0.2) is 0 Å². The molecule has 0 atom stereocenters. The Labute approximate surface area is 75.8 Å². The van der Waals surface area contributed by atoms with E-state index in [1.54, 1.807) is 6.92 Å². The van der Waals surface area contributed by atoms with Gasteiger partial charge < -0.3 is 4.74 Å². The molecule has 0 aliphatic carbocycles. The van der Waals surface area contributed by atoms with Crippen LogP contribution < -0.4 is 0 Å². The van der Waals surface area contributed by atoms with E-state index in [1.807, 2.05) is 0 Å². The number of nitrogens with zero attached hydrogens (tertiary/aromatic N) is 1. The first-order valence-corrected chi connectivity index (χ1v) is 5.15. The fourth-order valence-corrected chi connectivity index (χ4v) is 1.74. The van der Waals surface area contributed by atoms with Gasteiger partial charge in [-0.05, 0) is 6.92 Å². The first-order valence-electron chi connectivity index (χ1n) is 3.81. The normalized spacial score (nSPS) is 19.5. The average molecular weight is 211 g/mol. The van der Waals surface area contributed by atoms with E-state index in [-0.39, 0.29) is 19.7 Å². The van der Waals surface area contributed by atoms with Crippen molar-refractivity contribution >= 4 is 16.4 Å². The Balaban J connectivity index is 2.38. The molecule has 13 heavy (non-hydrogen) atoms. The van der Waals surface area contributed by atoms with Crippen molar-refractivity contribution in [2.75, 3.05) is 19.7 Å². The molecule has 1 aliphatic rings. The lowest BCUT2D eigenvalue weighted by Crippen LogP contribution is -2.52. The molecule has 0 aromatic carbocycles. The second kappa shape index (κ2) is 3.59. The van der Waals surface area contributed by atoms with Crippen LogP contribution in [0.3, 0.4) is 0 Å². The second-order valence-electron chi connectivity index (χ2n) is 2.71. The maximum absolute atomic E-state index is 12.2. The van der Waals surface area contributed by atoms with Gasteiger partial charge in [0.05, 0.1) is 12.5 Å².